The summed E-state index contributed by atoms with van der Waals surface area (Å²) in [5.74, 6) is -34.9. The van der Waals surface area contributed by atoms with E-state index in [0.29, 0.717) is 6.92 Å². The van der Waals surface area contributed by atoms with E-state index in [1.807, 2.05) is 0 Å². The summed E-state index contributed by atoms with van der Waals surface area (Å²) in [6, 6.07) is 0. The van der Waals surface area contributed by atoms with Crippen LogP contribution in [0.5, 0.6) is 0 Å². The highest BCUT2D eigenvalue weighted by molar-refractivity contribution is 5.24. The number of alkyl halides is 16. The van der Waals surface area contributed by atoms with E-state index in [0.717, 1.165) is 0 Å². The molecular formula is C13H10F16. The van der Waals surface area contributed by atoms with Gasteiger partial charge < -0.3 is 0 Å². The Hall–Kier alpha value is -1.12. The number of rotatable bonds is 5. The van der Waals surface area contributed by atoms with Gasteiger partial charge in [0.1, 0.15) is 0 Å². The molecule has 0 aromatic rings. The van der Waals surface area contributed by atoms with Crippen LogP contribution >= 0.6 is 0 Å². The standard InChI is InChI=1S/C13H10F16/c1-2-5-3-4-6(14,12(24,25)26)7(5,15)8(16,17)9(18,19)10(20,21)11(22,23)13(27,28)29/h5H,2-4H2,1H3. The van der Waals surface area contributed by atoms with E-state index >= 15 is 0 Å². The van der Waals surface area contributed by atoms with E-state index in [2.05, 4.69) is 0 Å². The minimum atomic E-state index is -8.14. The van der Waals surface area contributed by atoms with Gasteiger partial charge in [0.15, 0.2) is 0 Å². The SMILES string of the molecule is CCC1CCC(F)(C(F)(F)F)C1(F)C(F)(F)C(F)(F)C(F)(F)C(F)(F)C(F)(F)F. The number of hydrogen-bond acceptors (Lipinski definition) is 0. The summed E-state index contributed by atoms with van der Waals surface area (Å²) in [5.41, 5.74) is -12.2. The number of halogens is 16. The van der Waals surface area contributed by atoms with Crippen LogP contribution in [0.4, 0.5) is 70.2 Å². The van der Waals surface area contributed by atoms with E-state index in [-0.39, 0.29) is 0 Å². The zero-order valence-electron chi connectivity index (χ0n) is 13.7. The summed E-state index contributed by atoms with van der Waals surface area (Å²) in [6.07, 6.45) is -19.4. The van der Waals surface area contributed by atoms with E-state index in [1.54, 1.807) is 0 Å². The molecule has 3 atom stereocenters. The Labute approximate surface area is 151 Å². The van der Waals surface area contributed by atoms with Crippen molar-refractivity contribution in [3.8, 4) is 0 Å². The van der Waals surface area contributed by atoms with Crippen LogP contribution in [0.15, 0.2) is 0 Å². The molecule has 0 nitrogen and oxygen atoms in total. The van der Waals surface area contributed by atoms with Gasteiger partial charge in [0.2, 0.25) is 11.3 Å². The maximum atomic E-state index is 14.8. The summed E-state index contributed by atoms with van der Waals surface area (Å²) in [6.45, 7) is 0.567. The van der Waals surface area contributed by atoms with Crippen molar-refractivity contribution in [3.63, 3.8) is 0 Å². The maximum Gasteiger partial charge on any atom is 0.460 e. The average Bonchev–Trinajstić information content (AvgIpc) is 2.79. The van der Waals surface area contributed by atoms with Crippen molar-refractivity contribution in [2.24, 2.45) is 5.92 Å². The Bertz CT molecular complexity index is 615. The highest BCUT2D eigenvalue weighted by Crippen LogP contribution is 2.68. The van der Waals surface area contributed by atoms with Gasteiger partial charge in [-0.05, 0) is 19.3 Å². The molecule has 0 spiro atoms. The summed E-state index contributed by atoms with van der Waals surface area (Å²) in [7, 11) is 0. The molecule has 1 aliphatic carbocycles. The third-order valence-corrected chi connectivity index (χ3v) is 4.91. The molecule has 1 rings (SSSR count). The molecule has 0 amide bonds. The fourth-order valence-electron chi connectivity index (χ4n) is 3.22. The van der Waals surface area contributed by atoms with Crippen LogP contribution in [0, 0.1) is 5.92 Å². The topological polar surface area (TPSA) is 0 Å². The second-order valence-electron chi connectivity index (χ2n) is 6.45. The van der Waals surface area contributed by atoms with E-state index in [9.17, 15) is 70.2 Å². The van der Waals surface area contributed by atoms with Crippen LogP contribution in [0.1, 0.15) is 26.2 Å². The highest BCUT2D eigenvalue weighted by atomic mass is 19.4. The Morgan fingerprint density at radius 1 is 0.690 bits per heavy atom. The van der Waals surface area contributed by atoms with Crippen molar-refractivity contribution in [2.45, 2.75) is 73.6 Å². The maximum absolute atomic E-state index is 14.8. The third-order valence-electron chi connectivity index (χ3n) is 4.91. The van der Waals surface area contributed by atoms with Gasteiger partial charge in [-0.2, -0.15) is 61.5 Å². The molecule has 0 bridgehead atoms. The second kappa shape index (κ2) is 6.44. The van der Waals surface area contributed by atoms with Gasteiger partial charge in [-0.25, -0.2) is 8.78 Å². The number of hydrogen-bond donors (Lipinski definition) is 0. The molecule has 174 valence electrons. The molecule has 29 heavy (non-hydrogen) atoms. The summed E-state index contributed by atoms with van der Waals surface area (Å²) in [4.78, 5) is 0. The van der Waals surface area contributed by atoms with Crippen molar-refractivity contribution in [3.05, 3.63) is 0 Å². The van der Waals surface area contributed by atoms with Gasteiger partial charge in [-0.1, -0.05) is 6.92 Å². The monoisotopic (exact) mass is 470 g/mol. The van der Waals surface area contributed by atoms with Crippen molar-refractivity contribution < 1.29 is 70.2 Å². The first kappa shape index (κ1) is 25.9. The third kappa shape index (κ3) is 2.89. The molecule has 1 aliphatic rings. The summed E-state index contributed by atoms with van der Waals surface area (Å²) in [5, 5.41) is 0. The van der Waals surface area contributed by atoms with Crippen LogP contribution in [0.25, 0.3) is 0 Å². The lowest BCUT2D eigenvalue weighted by molar-refractivity contribution is -0.443. The Balaban J connectivity index is 3.81. The summed E-state index contributed by atoms with van der Waals surface area (Å²) >= 11 is 0. The first-order chi connectivity index (χ1) is 12.4. The molecule has 0 radical (unpaired) electrons. The second-order valence-corrected chi connectivity index (χ2v) is 6.45. The van der Waals surface area contributed by atoms with E-state index in [4.69, 9.17) is 0 Å². The zero-order valence-corrected chi connectivity index (χ0v) is 13.7. The van der Waals surface area contributed by atoms with Gasteiger partial charge in [-0.3, -0.25) is 0 Å². The smallest absolute Gasteiger partial charge is 0.233 e. The van der Waals surface area contributed by atoms with Gasteiger partial charge in [-0.15, -0.1) is 0 Å². The lowest BCUT2D eigenvalue weighted by Gasteiger charge is -2.47. The normalized spacial score (nSPS) is 30.7. The zero-order chi connectivity index (χ0) is 23.7. The Kier molecular flexibility index (Phi) is 5.75. The molecule has 0 N–H and O–H groups in total. The average molecular weight is 470 g/mol. The van der Waals surface area contributed by atoms with Crippen LogP contribution in [-0.2, 0) is 0 Å². The fourth-order valence-corrected chi connectivity index (χ4v) is 3.22. The fraction of sp³-hybridized carbons (Fsp3) is 1.00. The van der Waals surface area contributed by atoms with Gasteiger partial charge in [0, 0.05) is 5.92 Å². The lowest BCUT2D eigenvalue weighted by atomic mass is 9.73. The van der Waals surface area contributed by atoms with Crippen molar-refractivity contribution >= 4 is 0 Å². The van der Waals surface area contributed by atoms with Crippen LogP contribution in [0.3, 0.4) is 0 Å². The lowest BCUT2D eigenvalue weighted by Crippen LogP contribution is -2.76. The summed E-state index contributed by atoms with van der Waals surface area (Å²) < 4.78 is 212. The first-order valence-corrected chi connectivity index (χ1v) is 7.44. The molecule has 0 saturated heterocycles. The van der Waals surface area contributed by atoms with Crippen molar-refractivity contribution in [2.75, 3.05) is 0 Å². The molecule has 0 aromatic heterocycles. The molecule has 3 unspecified atom stereocenters. The largest absolute Gasteiger partial charge is 0.460 e. The molecule has 0 aromatic carbocycles. The van der Waals surface area contributed by atoms with Crippen LogP contribution in [0.2, 0.25) is 0 Å². The van der Waals surface area contributed by atoms with Gasteiger partial charge in [0.05, 0.1) is 0 Å². The molecule has 0 heterocycles. The van der Waals surface area contributed by atoms with Gasteiger partial charge in [0.25, 0.3) is 0 Å². The Morgan fingerprint density at radius 3 is 1.41 bits per heavy atom. The molecule has 0 aliphatic heterocycles. The van der Waals surface area contributed by atoms with Crippen molar-refractivity contribution in [1.29, 1.82) is 0 Å². The molecule has 16 heteroatoms. The first-order valence-electron chi connectivity index (χ1n) is 7.44. The Morgan fingerprint density at radius 2 is 1.10 bits per heavy atom. The van der Waals surface area contributed by atoms with Crippen LogP contribution in [-0.4, -0.2) is 47.4 Å². The van der Waals surface area contributed by atoms with Crippen LogP contribution < -0.4 is 0 Å². The highest BCUT2D eigenvalue weighted by Gasteiger charge is 2.95. The molecule has 1 fully saturated rings. The van der Waals surface area contributed by atoms with Crippen molar-refractivity contribution in [1.82, 2.24) is 0 Å². The van der Waals surface area contributed by atoms with E-state index in [1.165, 1.54) is 0 Å². The van der Waals surface area contributed by atoms with Gasteiger partial charge >= 0.3 is 36.0 Å². The molecule has 1 saturated carbocycles. The van der Waals surface area contributed by atoms with E-state index < -0.39 is 72.6 Å². The molecular weight excluding hydrogens is 460 g/mol. The quantitative estimate of drug-likeness (QED) is 0.384. The minimum Gasteiger partial charge on any atom is -0.233 e. The predicted octanol–water partition coefficient (Wildman–Crippen LogP) is 6.89. The predicted molar refractivity (Wildman–Crippen MR) is 62.6 cm³/mol. The minimum absolute atomic E-state index is 0.567.